The molecule has 1 aromatic carbocycles. The van der Waals surface area contributed by atoms with E-state index in [-0.39, 0.29) is 5.91 Å². The van der Waals surface area contributed by atoms with Crippen molar-refractivity contribution in [2.75, 3.05) is 13.1 Å². The number of carbonyl (C=O) groups excluding carboxylic acids is 1. The van der Waals surface area contributed by atoms with Crippen LogP contribution in [0.2, 0.25) is 0 Å². The van der Waals surface area contributed by atoms with Crippen LogP contribution < -0.4 is 0 Å². The molecule has 0 unspecified atom stereocenters. The average molecular weight is 317 g/mol. The van der Waals surface area contributed by atoms with Crippen molar-refractivity contribution in [1.29, 1.82) is 5.26 Å². The summed E-state index contributed by atoms with van der Waals surface area (Å²) in [7, 11) is 0. The lowest BCUT2D eigenvalue weighted by atomic mass is 10.0. The van der Waals surface area contributed by atoms with E-state index in [2.05, 4.69) is 17.1 Å². The fourth-order valence-corrected chi connectivity index (χ4v) is 2.90. The Balaban J connectivity index is 1.66. The van der Waals surface area contributed by atoms with E-state index in [0.717, 1.165) is 24.2 Å². The fraction of sp³-hybridized carbons (Fsp3) is 0.250. The smallest absolute Gasteiger partial charge is 0.253 e. The minimum absolute atomic E-state index is 0.000157. The van der Waals surface area contributed by atoms with E-state index < -0.39 is 0 Å². The summed E-state index contributed by atoms with van der Waals surface area (Å²) in [6.07, 6.45) is 3.85. The average Bonchev–Trinajstić information content (AvgIpc) is 2.62. The van der Waals surface area contributed by atoms with Crippen LogP contribution in [0.5, 0.6) is 0 Å². The Morgan fingerprint density at radius 1 is 1.21 bits per heavy atom. The van der Waals surface area contributed by atoms with Crippen LogP contribution in [0.15, 0.2) is 48.0 Å². The molecule has 1 fully saturated rings. The molecule has 1 aliphatic heterocycles. The number of aromatic nitrogens is 1. The summed E-state index contributed by atoms with van der Waals surface area (Å²) in [5.74, 6) is -0.000157. The van der Waals surface area contributed by atoms with Crippen LogP contribution in [0.1, 0.15) is 40.2 Å². The molecule has 1 aromatic heterocycles. The second-order valence-corrected chi connectivity index (χ2v) is 5.99. The highest BCUT2D eigenvalue weighted by Crippen LogP contribution is 2.20. The predicted molar refractivity (Wildman–Crippen MR) is 93.2 cm³/mol. The van der Waals surface area contributed by atoms with Gasteiger partial charge < -0.3 is 4.90 Å². The predicted octanol–water partition coefficient (Wildman–Crippen LogP) is 3.58. The zero-order valence-corrected chi connectivity index (χ0v) is 13.7. The third kappa shape index (κ3) is 3.69. The first-order valence-electron chi connectivity index (χ1n) is 8.08. The van der Waals surface area contributed by atoms with Crippen LogP contribution in [-0.2, 0) is 0 Å². The van der Waals surface area contributed by atoms with E-state index in [1.54, 1.807) is 24.3 Å². The summed E-state index contributed by atoms with van der Waals surface area (Å²) in [5.41, 5.74) is 4.41. The lowest BCUT2D eigenvalue weighted by Gasteiger charge is -2.28. The number of aryl methyl sites for hydroxylation is 1. The molecular formula is C20H19N3O. The maximum Gasteiger partial charge on any atom is 0.253 e. The van der Waals surface area contributed by atoms with Gasteiger partial charge in [0.05, 0.1) is 17.3 Å². The minimum atomic E-state index is -0.000157. The lowest BCUT2D eigenvalue weighted by molar-refractivity contribution is 0.0744. The van der Waals surface area contributed by atoms with Gasteiger partial charge in [0.15, 0.2) is 0 Å². The van der Waals surface area contributed by atoms with E-state index in [4.69, 9.17) is 5.26 Å². The standard InChI is InChI=1S/C20H19N3O/c1-15-4-2-7-19(22-15)13-16-8-10-23(11-9-16)20(24)18-6-3-5-17(12-18)14-21/h2-7,12-13H,8-11H2,1H3. The number of amides is 1. The Morgan fingerprint density at radius 2 is 1.96 bits per heavy atom. The monoisotopic (exact) mass is 317 g/mol. The van der Waals surface area contributed by atoms with Crippen molar-refractivity contribution >= 4 is 12.0 Å². The third-order valence-corrected chi connectivity index (χ3v) is 4.19. The molecule has 120 valence electrons. The Labute approximate surface area is 142 Å². The Kier molecular flexibility index (Phi) is 4.72. The van der Waals surface area contributed by atoms with Gasteiger partial charge in [-0.3, -0.25) is 9.78 Å². The van der Waals surface area contributed by atoms with Crippen LogP contribution in [-0.4, -0.2) is 28.9 Å². The maximum atomic E-state index is 12.6. The van der Waals surface area contributed by atoms with E-state index in [1.807, 2.05) is 30.0 Å². The van der Waals surface area contributed by atoms with Gasteiger partial charge in [-0.2, -0.15) is 5.26 Å². The molecule has 0 atom stereocenters. The van der Waals surface area contributed by atoms with Crippen molar-refractivity contribution in [2.24, 2.45) is 0 Å². The Bertz CT molecular complexity index is 823. The number of benzene rings is 1. The van der Waals surface area contributed by atoms with Crippen molar-refractivity contribution in [3.8, 4) is 6.07 Å². The van der Waals surface area contributed by atoms with Crippen LogP contribution in [0.4, 0.5) is 0 Å². The second kappa shape index (κ2) is 7.10. The highest BCUT2D eigenvalue weighted by molar-refractivity contribution is 5.94. The van der Waals surface area contributed by atoms with E-state index in [0.29, 0.717) is 24.2 Å². The number of hydrogen-bond donors (Lipinski definition) is 0. The van der Waals surface area contributed by atoms with Gasteiger partial charge in [0.2, 0.25) is 0 Å². The SMILES string of the molecule is Cc1cccc(C=C2CCN(C(=O)c3cccc(C#N)c3)CC2)n1. The maximum absolute atomic E-state index is 12.6. The van der Waals surface area contributed by atoms with E-state index in [9.17, 15) is 4.79 Å². The summed E-state index contributed by atoms with van der Waals surface area (Å²) >= 11 is 0. The molecule has 0 aliphatic carbocycles. The topological polar surface area (TPSA) is 57.0 Å². The van der Waals surface area contributed by atoms with Gasteiger partial charge in [-0.05, 0) is 56.2 Å². The molecule has 2 heterocycles. The molecule has 4 nitrogen and oxygen atoms in total. The molecule has 0 N–H and O–H groups in total. The fourth-order valence-electron chi connectivity index (χ4n) is 2.90. The number of nitrogens with zero attached hydrogens (tertiary/aromatic N) is 3. The summed E-state index contributed by atoms with van der Waals surface area (Å²) in [4.78, 5) is 18.9. The first kappa shape index (κ1) is 15.9. The van der Waals surface area contributed by atoms with Crippen LogP contribution in [0, 0.1) is 18.3 Å². The highest BCUT2D eigenvalue weighted by atomic mass is 16.2. The molecule has 0 saturated carbocycles. The van der Waals surface area contributed by atoms with Gasteiger partial charge >= 0.3 is 0 Å². The number of carbonyl (C=O) groups is 1. The van der Waals surface area contributed by atoms with Crippen LogP contribution in [0.25, 0.3) is 6.08 Å². The van der Waals surface area contributed by atoms with Crippen molar-refractivity contribution in [3.05, 3.63) is 70.6 Å². The van der Waals surface area contributed by atoms with Crippen molar-refractivity contribution in [3.63, 3.8) is 0 Å². The van der Waals surface area contributed by atoms with Gasteiger partial charge in [0.1, 0.15) is 0 Å². The lowest BCUT2D eigenvalue weighted by Crippen LogP contribution is -2.36. The van der Waals surface area contributed by atoms with Crippen LogP contribution in [0.3, 0.4) is 0 Å². The first-order valence-corrected chi connectivity index (χ1v) is 8.08. The zero-order valence-electron chi connectivity index (χ0n) is 13.7. The zero-order chi connectivity index (χ0) is 16.9. The minimum Gasteiger partial charge on any atom is -0.338 e. The second-order valence-electron chi connectivity index (χ2n) is 5.99. The number of rotatable bonds is 2. The number of nitriles is 1. The van der Waals surface area contributed by atoms with Crippen molar-refractivity contribution in [2.45, 2.75) is 19.8 Å². The Hall–Kier alpha value is -2.93. The van der Waals surface area contributed by atoms with Crippen molar-refractivity contribution in [1.82, 2.24) is 9.88 Å². The van der Waals surface area contributed by atoms with E-state index >= 15 is 0 Å². The number of hydrogen-bond acceptors (Lipinski definition) is 3. The molecule has 0 bridgehead atoms. The van der Waals surface area contributed by atoms with Gasteiger partial charge in [0.25, 0.3) is 5.91 Å². The molecule has 0 radical (unpaired) electrons. The van der Waals surface area contributed by atoms with Crippen molar-refractivity contribution < 1.29 is 4.79 Å². The molecule has 1 aliphatic rings. The Morgan fingerprint density at radius 3 is 2.67 bits per heavy atom. The molecule has 1 saturated heterocycles. The van der Waals surface area contributed by atoms with Gasteiger partial charge in [-0.15, -0.1) is 0 Å². The number of likely N-dealkylation sites (tertiary alicyclic amines) is 1. The third-order valence-electron chi connectivity index (χ3n) is 4.19. The molecule has 4 heteroatoms. The summed E-state index contributed by atoms with van der Waals surface area (Å²) in [5, 5.41) is 8.96. The molecule has 2 aromatic rings. The first-order chi connectivity index (χ1) is 11.7. The number of piperidine rings is 1. The van der Waals surface area contributed by atoms with Gasteiger partial charge in [0, 0.05) is 24.3 Å². The number of pyridine rings is 1. The van der Waals surface area contributed by atoms with Crippen LogP contribution >= 0.6 is 0 Å². The normalized spacial score (nSPS) is 14.2. The molecule has 1 amide bonds. The van der Waals surface area contributed by atoms with Gasteiger partial charge in [-0.25, -0.2) is 0 Å². The summed E-state index contributed by atoms with van der Waals surface area (Å²) in [6.45, 7) is 3.39. The largest absolute Gasteiger partial charge is 0.338 e. The van der Waals surface area contributed by atoms with E-state index in [1.165, 1.54) is 5.57 Å². The molecular weight excluding hydrogens is 298 g/mol. The summed E-state index contributed by atoms with van der Waals surface area (Å²) in [6, 6.07) is 15.0. The quantitative estimate of drug-likeness (QED) is 0.850. The summed E-state index contributed by atoms with van der Waals surface area (Å²) < 4.78 is 0. The highest BCUT2D eigenvalue weighted by Gasteiger charge is 2.20. The molecule has 24 heavy (non-hydrogen) atoms. The van der Waals surface area contributed by atoms with Gasteiger partial charge in [-0.1, -0.05) is 17.7 Å². The molecule has 0 spiro atoms. The molecule has 3 rings (SSSR count).